The summed E-state index contributed by atoms with van der Waals surface area (Å²) in [4.78, 5) is 0.00803. The van der Waals surface area contributed by atoms with Crippen LogP contribution in [0.25, 0.3) is 0 Å². The fourth-order valence-electron chi connectivity index (χ4n) is 4.04. The van der Waals surface area contributed by atoms with Crippen molar-refractivity contribution in [3.8, 4) is 11.5 Å². The van der Waals surface area contributed by atoms with Gasteiger partial charge >= 0.3 is 6.18 Å². The van der Waals surface area contributed by atoms with Gasteiger partial charge in [0.05, 0.1) is 23.0 Å². The van der Waals surface area contributed by atoms with Crippen LogP contribution in [0.3, 0.4) is 0 Å². The molecule has 3 aromatic rings. The van der Waals surface area contributed by atoms with Gasteiger partial charge in [-0.1, -0.05) is 36.4 Å². The lowest BCUT2D eigenvalue weighted by atomic mass is 9.96. The molecule has 0 aromatic heterocycles. The van der Waals surface area contributed by atoms with Crippen LogP contribution in [0.2, 0.25) is 0 Å². The average Bonchev–Trinajstić information content (AvgIpc) is 3.13. The van der Waals surface area contributed by atoms with E-state index in [4.69, 9.17) is 9.84 Å². The first-order valence-electron chi connectivity index (χ1n) is 10.5. The minimum atomic E-state index is -4.50. The van der Waals surface area contributed by atoms with Crippen molar-refractivity contribution in [3.63, 3.8) is 0 Å². The molecule has 0 bridgehead atoms. The Morgan fingerprint density at radius 2 is 1.79 bits per heavy atom. The Labute approximate surface area is 195 Å². The lowest BCUT2D eigenvalue weighted by Gasteiger charge is -2.21. The molecule has 1 heterocycles. The van der Waals surface area contributed by atoms with Gasteiger partial charge in [0.15, 0.2) is 9.84 Å². The van der Waals surface area contributed by atoms with Crippen LogP contribution in [-0.2, 0) is 16.0 Å². The van der Waals surface area contributed by atoms with Crippen molar-refractivity contribution >= 4 is 15.5 Å². The molecule has 0 spiro atoms. The lowest BCUT2D eigenvalue weighted by Crippen LogP contribution is -2.24. The van der Waals surface area contributed by atoms with Gasteiger partial charge < -0.3 is 15.3 Å². The van der Waals surface area contributed by atoms with Gasteiger partial charge in [0.1, 0.15) is 16.4 Å². The van der Waals surface area contributed by atoms with E-state index in [1.54, 1.807) is 54.5 Å². The van der Waals surface area contributed by atoms with E-state index >= 15 is 0 Å². The van der Waals surface area contributed by atoms with Crippen molar-refractivity contribution in [1.82, 2.24) is 5.01 Å². The van der Waals surface area contributed by atoms with Gasteiger partial charge in [-0.15, -0.1) is 0 Å². The number of halogens is 3. The van der Waals surface area contributed by atoms with E-state index < -0.39 is 27.6 Å². The van der Waals surface area contributed by atoms with Crippen LogP contribution >= 0.6 is 0 Å². The summed E-state index contributed by atoms with van der Waals surface area (Å²) in [5.41, 5.74) is 3.22. The summed E-state index contributed by atoms with van der Waals surface area (Å²) < 4.78 is 71.7. The molecule has 6 nitrogen and oxygen atoms in total. The second-order valence-corrected chi connectivity index (χ2v) is 9.99. The molecule has 2 N–H and O–H groups in total. The molecule has 0 saturated heterocycles. The fraction of sp³-hybridized carbons (Fsp3) is 0.250. The molecule has 0 amide bonds. The summed E-state index contributed by atoms with van der Waals surface area (Å²) in [7, 11) is -2.02. The molecule has 1 unspecified atom stereocenters. The number of anilines is 1. The van der Waals surface area contributed by atoms with E-state index in [2.05, 4.69) is 5.43 Å². The highest BCUT2D eigenvalue weighted by molar-refractivity contribution is 7.91. The summed E-state index contributed by atoms with van der Waals surface area (Å²) in [6.45, 7) is -0.245. The maximum atomic E-state index is 13.5. The van der Waals surface area contributed by atoms with Crippen molar-refractivity contribution in [2.24, 2.45) is 0 Å². The van der Waals surface area contributed by atoms with Gasteiger partial charge in [-0.05, 0) is 42.3 Å². The van der Waals surface area contributed by atoms with E-state index in [9.17, 15) is 21.6 Å². The molecule has 0 aliphatic carbocycles. The molecular formula is C24H23F3N2O4S. The quantitative estimate of drug-likeness (QED) is 0.483. The minimum absolute atomic E-state index is 0.00803. The lowest BCUT2D eigenvalue weighted by molar-refractivity contribution is -0.137. The van der Waals surface area contributed by atoms with E-state index in [1.165, 1.54) is 18.2 Å². The standard InChI is InChI=1S/C24H23F3N2O4S/c1-29-23(18-9-5-10-19(22(18)28-29)24(25,26)27)16-7-4-8-17(15-16)33-20-11-2-3-12-21(20)34(31,32)14-6-13-30/h2-5,7-12,15,23,28,30H,6,13-14H2,1H3. The SMILES string of the molecule is CN1Nc2c(cccc2C(F)(F)F)C1c1cccc(Oc2ccccc2S(=O)(=O)CCCO)c1. The third-order valence-corrected chi connectivity index (χ3v) is 7.36. The van der Waals surface area contributed by atoms with Gasteiger partial charge in [-0.25, -0.2) is 13.4 Å². The van der Waals surface area contributed by atoms with Crippen LogP contribution in [0, 0.1) is 0 Å². The summed E-state index contributed by atoms with van der Waals surface area (Å²) in [6, 6.07) is 16.6. The van der Waals surface area contributed by atoms with E-state index in [1.807, 2.05) is 0 Å². The zero-order chi connectivity index (χ0) is 24.5. The Bertz CT molecular complexity index is 1300. The number of para-hydroxylation sites is 2. The summed E-state index contributed by atoms with van der Waals surface area (Å²) in [5.74, 6) is 0.257. The number of rotatable bonds is 7. The van der Waals surface area contributed by atoms with Gasteiger partial charge in [-0.3, -0.25) is 0 Å². The van der Waals surface area contributed by atoms with Crippen molar-refractivity contribution in [3.05, 3.63) is 83.4 Å². The molecule has 10 heteroatoms. The van der Waals surface area contributed by atoms with Crippen molar-refractivity contribution < 1.29 is 31.4 Å². The number of nitrogens with zero attached hydrogens (tertiary/aromatic N) is 1. The normalized spacial score (nSPS) is 16.2. The number of alkyl halides is 3. The molecule has 4 rings (SSSR count). The second kappa shape index (κ2) is 9.28. The monoisotopic (exact) mass is 492 g/mol. The van der Waals surface area contributed by atoms with Gasteiger partial charge in [0, 0.05) is 19.2 Å². The Morgan fingerprint density at radius 3 is 2.53 bits per heavy atom. The molecule has 0 radical (unpaired) electrons. The number of hydrazine groups is 1. The number of hydrogen-bond donors (Lipinski definition) is 2. The fourth-order valence-corrected chi connectivity index (χ4v) is 5.47. The van der Waals surface area contributed by atoms with Crippen LogP contribution in [0.15, 0.2) is 71.6 Å². The van der Waals surface area contributed by atoms with Crippen LogP contribution in [0.4, 0.5) is 18.9 Å². The topological polar surface area (TPSA) is 78.9 Å². The number of ether oxygens (including phenoxy) is 1. The molecule has 0 fully saturated rings. The maximum absolute atomic E-state index is 13.5. The molecular weight excluding hydrogens is 469 g/mol. The molecule has 180 valence electrons. The summed E-state index contributed by atoms with van der Waals surface area (Å²) >= 11 is 0. The van der Waals surface area contributed by atoms with Crippen LogP contribution in [-0.4, -0.2) is 37.9 Å². The molecule has 3 aromatic carbocycles. The summed E-state index contributed by atoms with van der Waals surface area (Å²) in [5, 5.41) is 10.6. The Balaban J connectivity index is 1.68. The zero-order valence-corrected chi connectivity index (χ0v) is 19.0. The van der Waals surface area contributed by atoms with E-state index in [-0.39, 0.29) is 35.1 Å². The number of nitrogens with one attached hydrogen (secondary N) is 1. The zero-order valence-electron chi connectivity index (χ0n) is 18.2. The van der Waals surface area contributed by atoms with Crippen molar-refractivity contribution in [2.45, 2.75) is 23.5 Å². The van der Waals surface area contributed by atoms with E-state index in [0.29, 0.717) is 16.9 Å². The Morgan fingerprint density at radius 1 is 1.06 bits per heavy atom. The number of hydrogen-bond acceptors (Lipinski definition) is 6. The number of benzene rings is 3. The van der Waals surface area contributed by atoms with Crippen LogP contribution < -0.4 is 10.2 Å². The predicted octanol–water partition coefficient (Wildman–Crippen LogP) is 5.02. The predicted molar refractivity (Wildman–Crippen MR) is 121 cm³/mol. The molecule has 1 atom stereocenters. The maximum Gasteiger partial charge on any atom is 0.418 e. The minimum Gasteiger partial charge on any atom is -0.456 e. The average molecular weight is 493 g/mol. The second-order valence-electron chi connectivity index (χ2n) is 7.91. The van der Waals surface area contributed by atoms with E-state index in [0.717, 1.165) is 6.07 Å². The first-order chi connectivity index (χ1) is 16.1. The first-order valence-corrected chi connectivity index (χ1v) is 12.2. The smallest absolute Gasteiger partial charge is 0.418 e. The third kappa shape index (κ3) is 4.75. The highest BCUT2D eigenvalue weighted by atomic mass is 32.2. The van der Waals surface area contributed by atoms with Gasteiger partial charge in [0.25, 0.3) is 0 Å². The molecule has 0 saturated carbocycles. The van der Waals surface area contributed by atoms with Crippen LogP contribution in [0.5, 0.6) is 11.5 Å². The highest BCUT2D eigenvalue weighted by Crippen LogP contribution is 2.46. The highest BCUT2D eigenvalue weighted by Gasteiger charge is 2.39. The number of aliphatic hydroxyl groups is 1. The Kier molecular flexibility index (Phi) is 6.57. The first kappa shape index (κ1) is 24.1. The molecule has 1 aliphatic rings. The van der Waals surface area contributed by atoms with Gasteiger partial charge in [-0.2, -0.15) is 13.2 Å². The molecule has 34 heavy (non-hydrogen) atoms. The Hall–Kier alpha value is -3.08. The molecule has 1 aliphatic heterocycles. The summed E-state index contributed by atoms with van der Waals surface area (Å²) in [6.07, 6.45) is -4.39. The number of aliphatic hydroxyl groups excluding tert-OH is 1. The van der Waals surface area contributed by atoms with Crippen LogP contribution in [0.1, 0.15) is 29.2 Å². The largest absolute Gasteiger partial charge is 0.456 e. The van der Waals surface area contributed by atoms with Crippen molar-refractivity contribution in [1.29, 1.82) is 0 Å². The third-order valence-electron chi connectivity index (χ3n) is 5.53. The van der Waals surface area contributed by atoms with Gasteiger partial charge in [0.2, 0.25) is 0 Å². The number of sulfone groups is 1. The number of fused-ring (bicyclic) bond motifs is 1. The van der Waals surface area contributed by atoms with Crippen molar-refractivity contribution in [2.75, 3.05) is 24.8 Å².